The van der Waals surface area contributed by atoms with Crippen LogP contribution in [-0.4, -0.2) is 35.8 Å². The van der Waals surface area contributed by atoms with Crippen molar-refractivity contribution in [3.05, 3.63) is 71.9 Å². The van der Waals surface area contributed by atoms with Crippen LogP contribution >= 0.6 is 11.8 Å². The number of aromatic nitrogens is 1. The summed E-state index contributed by atoms with van der Waals surface area (Å²) in [6.45, 7) is 2.24. The monoisotopic (exact) mass is 380 g/mol. The van der Waals surface area contributed by atoms with Crippen LogP contribution in [0.15, 0.2) is 65.7 Å². The van der Waals surface area contributed by atoms with Gasteiger partial charge in [-0.25, -0.2) is 4.79 Å². The number of aryl methyl sites for hydroxylation is 1. The van der Waals surface area contributed by atoms with Gasteiger partial charge in [-0.15, -0.1) is 11.8 Å². The van der Waals surface area contributed by atoms with Crippen LogP contribution in [0.5, 0.6) is 0 Å². The molecule has 2 aromatic carbocycles. The van der Waals surface area contributed by atoms with Gasteiger partial charge >= 0.3 is 5.97 Å². The molecule has 0 radical (unpaired) electrons. The number of nitrogens with zero attached hydrogens (tertiary/aromatic N) is 1. The first-order valence-electron chi connectivity index (χ1n) is 8.60. The second kappa shape index (κ2) is 9.19. The van der Waals surface area contributed by atoms with Crippen molar-refractivity contribution in [3.8, 4) is 0 Å². The van der Waals surface area contributed by atoms with E-state index in [4.69, 9.17) is 4.74 Å². The maximum Gasteiger partial charge on any atom is 0.340 e. The van der Waals surface area contributed by atoms with Crippen LogP contribution in [0.25, 0.3) is 10.9 Å². The Kier molecular flexibility index (Phi) is 6.44. The fourth-order valence-corrected chi connectivity index (χ4v) is 3.29. The molecule has 0 aliphatic heterocycles. The third-order valence-corrected chi connectivity index (χ3v) is 4.91. The van der Waals surface area contributed by atoms with E-state index in [1.165, 1.54) is 5.56 Å². The van der Waals surface area contributed by atoms with Gasteiger partial charge in [-0.3, -0.25) is 9.78 Å². The lowest BCUT2D eigenvalue weighted by molar-refractivity contribution is -0.124. The van der Waals surface area contributed by atoms with Crippen molar-refractivity contribution in [2.24, 2.45) is 0 Å². The highest BCUT2D eigenvalue weighted by molar-refractivity contribution is 7.99. The summed E-state index contributed by atoms with van der Waals surface area (Å²) in [7, 11) is 0. The summed E-state index contributed by atoms with van der Waals surface area (Å²) in [5.74, 6) is -0.125. The molecule has 1 N–H and O–H groups in total. The summed E-state index contributed by atoms with van der Waals surface area (Å²) < 4.78 is 5.13. The number of pyridine rings is 1. The zero-order chi connectivity index (χ0) is 19.1. The van der Waals surface area contributed by atoms with Crippen LogP contribution in [-0.2, 0) is 9.53 Å². The first-order valence-corrected chi connectivity index (χ1v) is 9.59. The largest absolute Gasteiger partial charge is 0.452 e. The number of carbonyl (C=O) groups is 2. The predicted molar refractivity (Wildman–Crippen MR) is 107 cm³/mol. The van der Waals surface area contributed by atoms with Gasteiger partial charge in [0.05, 0.1) is 11.1 Å². The van der Waals surface area contributed by atoms with Crippen LogP contribution in [0.1, 0.15) is 15.9 Å². The van der Waals surface area contributed by atoms with Crippen molar-refractivity contribution in [1.29, 1.82) is 0 Å². The molecule has 0 aliphatic rings. The van der Waals surface area contributed by atoms with Crippen molar-refractivity contribution in [2.75, 3.05) is 18.9 Å². The average Bonchev–Trinajstić information content (AvgIpc) is 2.70. The molecule has 3 aromatic rings. The molecule has 138 valence electrons. The van der Waals surface area contributed by atoms with Crippen LogP contribution in [0.2, 0.25) is 0 Å². The van der Waals surface area contributed by atoms with Gasteiger partial charge in [-0.1, -0.05) is 35.9 Å². The number of hydrogen-bond acceptors (Lipinski definition) is 5. The van der Waals surface area contributed by atoms with Gasteiger partial charge in [0.25, 0.3) is 5.91 Å². The number of rotatable bonds is 7. The van der Waals surface area contributed by atoms with Crippen LogP contribution < -0.4 is 5.32 Å². The van der Waals surface area contributed by atoms with E-state index < -0.39 is 5.97 Å². The van der Waals surface area contributed by atoms with Crippen LogP contribution in [0, 0.1) is 6.92 Å². The standard InChI is InChI=1S/C21H20N2O3S/c1-15-7-9-17(10-8-15)27-13-12-22-19(24)14-26-21(25)18-6-2-4-16-5-3-11-23-20(16)18/h2-11H,12-14H2,1H3,(H,22,24). The van der Waals surface area contributed by atoms with E-state index >= 15 is 0 Å². The number of amides is 1. The molecular weight excluding hydrogens is 360 g/mol. The number of benzene rings is 2. The van der Waals surface area contributed by atoms with E-state index in [-0.39, 0.29) is 12.5 Å². The molecule has 0 aliphatic carbocycles. The van der Waals surface area contributed by atoms with E-state index in [2.05, 4.69) is 34.6 Å². The fourth-order valence-electron chi connectivity index (χ4n) is 2.52. The summed E-state index contributed by atoms with van der Waals surface area (Å²) in [4.78, 5) is 29.5. The van der Waals surface area contributed by atoms with Crippen molar-refractivity contribution < 1.29 is 14.3 Å². The summed E-state index contributed by atoms with van der Waals surface area (Å²) in [5, 5.41) is 3.61. The average molecular weight is 380 g/mol. The molecule has 0 spiro atoms. The summed E-state index contributed by atoms with van der Waals surface area (Å²) in [5.41, 5.74) is 2.14. The molecule has 0 saturated carbocycles. The summed E-state index contributed by atoms with van der Waals surface area (Å²) in [6, 6.07) is 17.2. The molecule has 3 rings (SSSR count). The van der Waals surface area contributed by atoms with E-state index in [0.29, 0.717) is 17.6 Å². The number of nitrogens with one attached hydrogen (secondary N) is 1. The van der Waals surface area contributed by atoms with Gasteiger partial charge in [0, 0.05) is 28.8 Å². The van der Waals surface area contributed by atoms with Crippen molar-refractivity contribution >= 4 is 34.5 Å². The van der Waals surface area contributed by atoms with Crippen molar-refractivity contribution in [3.63, 3.8) is 0 Å². The second-order valence-corrected chi connectivity index (χ2v) is 7.14. The molecular formula is C21H20N2O3S. The number of thioether (sulfide) groups is 1. The molecule has 1 heterocycles. The highest BCUT2D eigenvalue weighted by Crippen LogP contribution is 2.18. The topological polar surface area (TPSA) is 68.3 Å². The Morgan fingerprint density at radius 2 is 1.85 bits per heavy atom. The molecule has 1 aromatic heterocycles. The van der Waals surface area contributed by atoms with Gasteiger partial charge in [-0.05, 0) is 31.2 Å². The Morgan fingerprint density at radius 1 is 1.07 bits per heavy atom. The molecule has 6 heteroatoms. The Morgan fingerprint density at radius 3 is 2.67 bits per heavy atom. The highest BCUT2D eigenvalue weighted by atomic mass is 32.2. The molecule has 5 nitrogen and oxygen atoms in total. The molecule has 0 fully saturated rings. The van der Waals surface area contributed by atoms with Gasteiger partial charge in [0.15, 0.2) is 6.61 Å². The third-order valence-electron chi connectivity index (χ3n) is 3.90. The van der Waals surface area contributed by atoms with Crippen molar-refractivity contribution in [2.45, 2.75) is 11.8 Å². The SMILES string of the molecule is Cc1ccc(SCCNC(=O)COC(=O)c2cccc3cccnc23)cc1. The maximum absolute atomic E-state index is 12.3. The van der Waals surface area contributed by atoms with Gasteiger partial charge in [0.1, 0.15) is 0 Å². The lowest BCUT2D eigenvalue weighted by Gasteiger charge is -2.08. The zero-order valence-electron chi connectivity index (χ0n) is 15.0. The molecule has 0 bridgehead atoms. The lowest BCUT2D eigenvalue weighted by atomic mass is 10.1. The molecule has 0 unspecified atom stereocenters. The van der Waals surface area contributed by atoms with E-state index in [1.807, 2.05) is 19.1 Å². The highest BCUT2D eigenvalue weighted by Gasteiger charge is 2.13. The summed E-state index contributed by atoms with van der Waals surface area (Å²) >= 11 is 1.66. The van der Waals surface area contributed by atoms with E-state index in [0.717, 1.165) is 16.0 Å². The van der Waals surface area contributed by atoms with Crippen molar-refractivity contribution in [1.82, 2.24) is 10.3 Å². The number of para-hydroxylation sites is 1. The number of fused-ring (bicyclic) bond motifs is 1. The number of esters is 1. The maximum atomic E-state index is 12.3. The van der Waals surface area contributed by atoms with Gasteiger partial charge < -0.3 is 10.1 Å². The minimum atomic E-state index is -0.552. The number of carbonyl (C=O) groups excluding carboxylic acids is 2. The van der Waals surface area contributed by atoms with Crippen LogP contribution in [0.3, 0.4) is 0 Å². The van der Waals surface area contributed by atoms with E-state index in [9.17, 15) is 9.59 Å². The zero-order valence-corrected chi connectivity index (χ0v) is 15.8. The van der Waals surface area contributed by atoms with Gasteiger partial charge in [-0.2, -0.15) is 0 Å². The minimum Gasteiger partial charge on any atom is -0.452 e. The molecule has 1 amide bonds. The Balaban J connectivity index is 1.43. The normalized spacial score (nSPS) is 10.6. The number of ether oxygens (including phenoxy) is 1. The third kappa shape index (κ3) is 5.31. The second-order valence-electron chi connectivity index (χ2n) is 5.97. The minimum absolute atomic E-state index is 0.308. The molecule has 27 heavy (non-hydrogen) atoms. The molecule has 0 atom stereocenters. The number of hydrogen-bond donors (Lipinski definition) is 1. The molecule has 0 saturated heterocycles. The lowest BCUT2D eigenvalue weighted by Crippen LogP contribution is -2.30. The van der Waals surface area contributed by atoms with E-state index in [1.54, 1.807) is 36.2 Å². The Bertz CT molecular complexity index is 936. The Labute approximate surface area is 162 Å². The van der Waals surface area contributed by atoms with Crippen LogP contribution in [0.4, 0.5) is 0 Å². The summed E-state index contributed by atoms with van der Waals surface area (Å²) in [6.07, 6.45) is 1.62. The predicted octanol–water partition coefficient (Wildman–Crippen LogP) is 3.61. The first-order chi connectivity index (χ1) is 13.1. The quantitative estimate of drug-likeness (QED) is 0.385. The fraction of sp³-hybridized carbons (Fsp3) is 0.190. The smallest absolute Gasteiger partial charge is 0.340 e. The van der Waals surface area contributed by atoms with Gasteiger partial charge in [0.2, 0.25) is 0 Å². The first kappa shape index (κ1) is 18.9. The Hall–Kier alpha value is -2.86.